The van der Waals surface area contributed by atoms with E-state index >= 15 is 0 Å². The van der Waals surface area contributed by atoms with Gasteiger partial charge in [0.15, 0.2) is 0 Å². The van der Waals surface area contributed by atoms with Gasteiger partial charge in [0.05, 0.1) is 0 Å². The first-order valence-electron chi connectivity index (χ1n) is 3.18. The Morgan fingerprint density at radius 3 is 2.82 bits per heavy atom. The van der Waals surface area contributed by atoms with E-state index in [0.29, 0.717) is 0 Å². The Bertz CT molecular complexity index is 339. The van der Waals surface area contributed by atoms with Crippen molar-refractivity contribution < 1.29 is 4.21 Å². The van der Waals surface area contributed by atoms with Gasteiger partial charge in [-0.05, 0) is 0 Å². The lowest BCUT2D eigenvalue weighted by molar-refractivity contribution is 0.655. The highest BCUT2D eigenvalue weighted by atomic mass is 32.2. The molecular weight excluding hydrogens is 164 g/mol. The first-order valence-corrected chi connectivity index (χ1v) is 4.91. The highest BCUT2D eigenvalue weighted by Crippen LogP contribution is 2.05. The molecule has 0 radical (unpaired) electrons. The predicted molar refractivity (Wildman–Crippen MR) is 40.7 cm³/mol. The number of hydrogen-bond donors (Lipinski definition) is 1. The molecule has 1 aromatic rings. The van der Waals surface area contributed by atoms with Crippen LogP contribution in [0.4, 0.5) is 0 Å². The Kier molecular flexibility index (Phi) is 1.95. The van der Waals surface area contributed by atoms with Gasteiger partial charge in [-0.3, -0.25) is 0 Å². The van der Waals surface area contributed by atoms with Gasteiger partial charge in [-0.1, -0.05) is 6.92 Å². The van der Waals surface area contributed by atoms with Gasteiger partial charge >= 0.3 is 0 Å². The molecule has 0 saturated heterocycles. The van der Waals surface area contributed by atoms with Gasteiger partial charge in [0.2, 0.25) is 5.16 Å². The van der Waals surface area contributed by atoms with Crippen molar-refractivity contribution in [1.29, 1.82) is 4.78 Å². The fourth-order valence-corrected chi connectivity index (χ4v) is 1.65. The smallest absolute Gasteiger partial charge is 0.229 e. The van der Waals surface area contributed by atoms with E-state index in [-0.39, 0.29) is 10.9 Å². The molecule has 0 aliphatic carbocycles. The molecule has 0 spiro atoms. The average Bonchev–Trinajstić information content (AvgIpc) is 2.36. The number of nitrogens with zero attached hydrogens (tertiary/aromatic N) is 3. The summed E-state index contributed by atoms with van der Waals surface area (Å²) in [6.07, 6.45) is 1.44. The molecule has 62 valence electrons. The third kappa shape index (κ3) is 1.40. The van der Waals surface area contributed by atoms with Gasteiger partial charge < -0.3 is 4.57 Å². The summed E-state index contributed by atoms with van der Waals surface area (Å²) in [6, 6.07) is 0. The van der Waals surface area contributed by atoms with Crippen molar-refractivity contribution >= 4 is 9.73 Å². The summed E-state index contributed by atoms with van der Waals surface area (Å²) in [4.78, 5) is 0. The van der Waals surface area contributed by atoms with Crippen LogP contribution in [0.1, 0.15) is 6.92 Å². The Labute approximate surface area is 65.4 Å². The quantitative estimate of drug-likeness (QED) is 0.698. The number of nitrogens with one attached hydrogen (secondary N) is 1. The Balaban J connectivity index is 3.22. The summed E-state index contributed by atoms with van der Waals surface area (Å²) in [7, 11) is -1.02. The molecular formula is C5H10N4OS. The van der Waals surface area contributed by atoms with Crippen LogP contribution in [-0.2, 0) is 16.8 Å². The van der Waals surface area contributed by atoms with Crippen molar-refractivity contribution in [3.8, 4) is 0 Å². The van der Waals surface area contributed by atoms with Gasteiger partial charge in [-0.2, -0.15) is 0 Å². The van der Waals surface area contributed by atoms with E-state index in [4.69, 9.17) is 4.78 Å². The van der Waals surface area contributed by atoms with Gasteiger partial charge in [-0.15, -0.1) is 10.2 Å². The topological polar surface area (TPSA) is 71.6 Å². The summed E-state index contributed by atoms with van der Waals surface area (Å²) in [5.41, 5.74) is 0. The van der Waals surface area contributed by atoms with Crippen LogP contribution in [0.15, 0.2) is 11.5 Å². The largest absolute Gasteiger partial charge is 0.309 e. The number of aromatic nitrogens is 3. The van der Waals surface area contributed by atoms with E-state index in [1.54, 1.807) is 14.0 Å². The molecule has 0 bridgehead atoms. The van der Waals surface area contributed by atoms with E-state index in [2.05, 4.69) is 10.2 Å². The molecule has 1 aromatic heterocycles. The Hall–Kier alpha value is -0.910. The summed E-state index contributed by atoms with van der Waals surface area (Å²) in [5, 5.41) is 7.41. The normalized spacial score (nSPS) is 16.2. The Morgan fingerprint density at radius 1 is 1.82 bits per heavy atom. The fourth-order valence-electron chi connectivity index (χ4n) is 0.700. The standard InChI is InChI=1S/C5H10N4OS/c1-3-11(6,10)5-8-7-4-9(5)2/h4,6H,3H2,1-2H3/t11-/m0/s1. The average molecular weight is 174 g/mol. The second-order valence-corrected chi connectivity index (χ2v) is 4.48. The molecule has 1 atom stereocenters. The Morgan fingerprint density at radius 2 is 2.45 bits per heavy atom. The summed E-state index contributed by atoms with van der Waals surface area (Å²) < 4.78 is 20.3. The van der Waals surface area contributed by atoms with Gasteiger partial charge in [0, 0.05) is 12.8 Å². The van der Waals surface area contributed by atoms with Gasteiger partial charge in [0.1, 0.15) is 16.1 Å². The van der Waals surface area contributed by atoms with Crippen LogP contribution in [0.3, 0.4) is 0 Å². The van der Waals surface area contributed by atoms with Crippen LogP contribution in [0, 0.1) is 4.78 Å². The van der Waals surface area contributed by atoms with E-state index in [1.807, 2.05) is 0 Å². The molecule has 0 unspecified atom stereocenters. The summed E-state index contributed by atoms with van der Waals surface area (Å²) >= 11 is 0. The molecule has 6 heteroatoms. The molecule has 11 heavy (non-hydrogen) atoms. The molecule has 0 aromatic carbocycles. The van der Waals surface area contributed by atoms with Crippen LogP contribution < -0.4 is 0 Å². The molecule has 0 aliphatic rings. The molecule has 0 aliphatic heterocycles. The van der Waals surface area contributed by atoms with Crippen molar-refractivity contribution in [1.82, 2.24) is 14.8 Å². The minimum Gasteiger partial charge on any atom is -0.309 e. The van der Waals surface area contributed by atoms with Crippen LogP contribution in [0.2, 0.25) is 0 Å². The zero-order chi connectivity index (χ0) is 8.48. The molecule has 0 fully saturated rings. The van der Waals surface area contributed by atoms with Gasteiger partial charge in [0.25, 0.3) is 0 Å². The summed E-state index contributed by atoms with van der Waals surface area (Å²) in [6.45, 7) is 1.70. The maximum atomic E-state index is 11.4. The van der Waals surface area contributed by atoms with Crippen molar-refractivity contribution in [2.75, 3.05) is 5.75 Å². The van der Waals surface area contributed by atoms with Crippen LogP contribution in [0.5, 0.6) is 0 Å². The molecule has 1 N–H and O–H groups in total. The maximum absolute atomic E-state index is 11.4. The third-order valence-corrected chi connectivity index (χ3v) is 3.14. The number of hydrogen-bond acceptors (Lipinski definition) is 4. The fraction of sp³-hybridized carbons (Fsp3) is 0.600. The first kappa shape index (κ1) is 8.19. The maximum Gasteiger partial charge on any atom is 0.229 e. The van der Waals surface area contributed by atoms with Crippen LogP contribution in [-0.4, -0.2) is 24.7 Å². The minimum atomic E-state index is -2.70. The monoisotopic (exact) mass is 174 g/mol. The second kappa shape index (κ2) is 2.61. The highest BCUT2D eigenvalue weighted by molar-refractivity contribution is 7.92. The lowest BCUT2D eigenvalue weighted by atomic mass is 11.0. The minimum absolute atomic E-state index is 0.250. The van der Waals surface area contributed by atoms with E-state index in [9.17, 15) is 4.21 Å². The summed E-state index contributed by atoms with van der Waals surface area (Å²) in [5.74, 6) is 0.277. The van der Waals surface area contributed by atoms with Crippen molar-refractivity contribution in [2.45, 2.75) is 12.1 Å². The number of aryl methyl sites for hydroxylation is 1. The SMILES string of the molecule is CC[S@](=N)(=O)c1nncn1C. The van der Waals surface area contributed by atoms with Crippen LogP contribution in [0.25, 0.3) is 0 Å². The van der Waals surface area contributed by atoms with E-state index in [1.165, 1.54) is 10.9 Å². The van der Waals surface area contributed by atoms with Crippen molar-refractivity contribution in [2.24, 2.45) is 7.05 Å². The molecule has 0 saturated carbocycles. The lowest BCUT2D eigenvalue weighted by Gasteiger charge is -2.00. The molecule has 1 rings (SSSR count). The second-order valence-electron chi connectivity index (χ2n) is 2.19. The van der Waals surface area contributed by atoms with Gasteiger partial charge in [-0.25, -0.2) is 8.99 Å². The molecule has 0 amide bonds. The highest BCUT2D eigenvalue weighted by Gasteiger charge is 2.12. The zero-order valence-corrected chi connectivity index (χ0v) is 7.26. The first-order chi connectivity index (χ1) is 5.08. The van der Waals surface area contributed by atoms with Crippen LogP contribution >= 0.6 is 0 Å². The zero-order valence-electron chi connectivity index (χ0n) is 6.44. The van der Waals surface area contributed by atoms with E-state index in [0.717, 1.165) is 0 Å². The third-order valence-electron chi connectivity index (χ3n) is 1.37. The van der Waals surface area contributed by atoms with Crippen molar-refractivity contribution in [3.63, 3.8) is 0 Å². The molecule has 5 nitrogen and oxygen atoms in total. The van der Waals surface area contributed by atoms with Crippen molar-refractivity contribution in [3.05, 3.63) is 6.33 Å². The van der Waals surface area contributed by atoms with E-state index < -0.39 is 9.73 Å². The predicted octanol–water partition coefficient (Wildman–Crippen LogP) is 0.241. The lowest BCUT2D eigenvalue weighted by Crippen LogP contribution is -2.08. The number of rotatable bonds is 2. The molecule has 1 heterocycles.